The summed E-state index contributed by atoms with van der Waals surface area (Å²) in [6.07, 6.45) is 11.2. The third-order valence-electron chi connectivity index (χ3n) is 4.81. The summed E-state index contributed by atoms with van der Waals surface area (Å²) in [6.45, 7) is 9.94. The lowest BCUT2D eigenvalue weighted by molar-refractivity contribution is 0.149. The van der Waals surface area contributed by atoms with Crippen molar-refractivity contribution in [2.75, 3.05) is 13.1 Å². The number of rotatable bonds is 5. The van der Waals surface area contributed by atoms with Gasteiger partial charge in [-0.1, -0.05) is 0 Å². The number of piperidine rings is 1. The predicted molar refractivity (Wildman–Crippen MR) is 92.1 cm³/mol. The first-order chi connectivity index (χ1) is 11.2. The van der Waals surface area contributed by atoms with Crippen LogP contribution in [0, 0.1) is 5.92 Å². The second kappa shape index (κ2) is 7.21. The Morgan fingerprint density at radius 2 is 1.96 bits per heavy atom. The van der Waals surface area contributed by atoms with E-state index >= 15 is 0 Å². The summed E-state index contributed by atoms with van der Waals surface area (Å²) in [7, 11) is 0. The molecule has 0 atom stereocenters. The Balaban J connectivity index is 1.64. The van der Waals surface area contributed by atoms with Crippen molar-refractivity contribution >= 4 is 0 Å². The van der Waals surface area contributed by atoms with Crippen molar-refractivity contribution in [3.63, 3.8) is 0 Å². The van der Waals surface area contributed by atoms with Crippen LogP contribution < -0.4 is 0 Å². The molecular formula is C18H27N5. The van der Waals surface area contributed by atoms with Gasteiger partial charge in [-0.05, 0) is 59.0 Å². The summed E-state index contributed by atoms with van der Waals surface area (Å²) in [4.78, 5) is 11.8. The van der Waals surface area contributed by atoms with Gasteiger partial charge in [-0.15, -0.1) is 0 Å². The van der Waals surface area contributed by atoms with Gasteiger partial charge in [0.1, 0.15) is 0 Å². The van der Waals surface area contributed by atoms with Crippen LogP contribution >= 0.6 is 0 Å². The maximum Gasteiger partial charge on any atom is 0.0920 e. The maximum absolute atomic E-state index is 4.81. The molecule has 23 heavy (non-hydrogen) atoms. The van der Waals surface area contributed by atoms with Crippen molar-refractivity contribution in [1.29, 1.82) is 0 Å². The van der Waals surface area contributed by atoms with Crippen LogP contribution in [-0.4, -0.2) is 43.8 Å². The van der Waals surface area contributed by atoms with Crippen LogP contribution in [-0.2, 0) is 13.0 Å². The highest BCUT2D eigenvalue weighted by Gasteiger charge is 2.21. The molecule has 0 unspecified atom stereocenters. The predicted octanol–water partition coefficient (Wildman–Crippen LogP) is 3.02. The molecule has 0 aliphatic carbocycles. The number of hydrogen-bond donors (Lipinski definition) is 0. The SMILES string of the molecule is CCn1cc(-c2cncc(CC3CCN(C(C)C)CC3)n2)cn1. The molecular weight excluding hydrogens is 286 g/mol. The summed E-state index contributed by atoms with van der Waals surface area (Å²) >= 11 is 0. The molecule has 1 fully saturated rings. The highest BCUT2D eigenvalue weighted by atomic mass is 15.3. The Bertz CT molecular complexity index is 626. The van der Waals surface area contributed by atoms with E-state index in [0.29, 0.717) is 6.04 Å². The second-order valence-corrected chi connectivity index (χ2v) is 6.76. The molecule has 124 valence electrons. The highest BCUT2D eigenvalue weighted by molar-refractivity contribution is 5.55. The topological polar surface area (TPSA) is 46.8 Å². The number of aromatic nitrogens is 4. The minimum absolute atomic E-state index is 0.661. The standard InChI is InChI=1S/C18H27N5/c1-4-23-13-16(10-20-23)18-12-19-11-17(21-18)9-15-5-7-22(8-6-15)14(2)3/h10-15H,4-9H2,1-3H3. The van der Waals surface area contributed by atoms with Crippen LogP contribution in [0.25, 0.3) is 11.3 Å². The van der Waals surface area contributed by atoms with Crippen LogP contribution in [0.3, 0.4) is 0 Å². The number of hydrogen-bond acceptors (Lipinski definition) is 4. The van der Waals surface area contributed by atoms with Gasteiger partial charge in [0.25, 0.3) is 0 Å². The monoisotopic (exact) mass is 313 g/mol. The minimum Gasteiger partial charge on any atom is -0.301 e. The third kappa shape index (κ3) is 3.96. The fourth-order valence-corrected chi connectivity index (χ4v) is 3.28. The van der Waals surface area contributed by atoms with Crippen LogP contribution in [0.15, 0.2) is 24.8 Å². The van der Waals surface area contributed by atoms with E-state index in [2.05, 4.69) is 35.8 Å². The summed E-state index contributed by atoms with van der Waals surface area (Å²) in [6, 6.07) is 0.661. The van der Waals surface area contributed by atoms with Gasteiger partial charge in [0.05, 0.1) is 23.8 Å². The maximum atomic E-state index is 4.81. The van der Waals surface area contributed by atoms with Gasteiger partial charge in [-0.25, -0.2) is 4.98 Å². The van der Waals surface area contributed by atoms with Crippen LogP contribution in [0.5, 0.6) is 0 Å². The fourth-order valence-electron chi connectivity index (χ4n) is 3.28. The summed E-state index contributed by atoms with van der Waals surface area (Å²) in [5, 5.41) is 4.32. The van der Waals surface area contributed by atoms with Gasteiger partial charge >= 0.3 is 0 Å². The molecule has 5 nitrogen and oxygen atoms in total. The van der Waals surface area contributed by atoms with Crippen LogP contribution in [0.2, 0.25) is 0 Å². The number of likely N-dealkylation sites (tertiary alicyclic amines) is 1. The van der Waals surface area contributed by atoms with E-state index in [1.807, 2.05) is 29.5 Å². The molecule has 1 saturated heterocycles. The van der Waals surface area contributed by atoms with Crippen molar-refractivity contribution in [3.05, 3.63) is 30.5 Å². The molecule has 0 aromatic carbocycles. The van der Waals surface area contributed by atoms with Gasteiger partial charge in [0.2, 0.25) is 0 Å². The Kier molecular flexibility index (Phi) is 5.06. The molecule has 0 saturated carbocycles. The minimum atomic E-state index is 0.661. The molecule has 0 radical (unpaired) electrons. The zero-order valence-corrected chi connectivity index (χ0v) is 14.4. The largest absolute Gasteiger partial charge is 0.301 e. The van der Waals surface area contributed by atoms with Crippen molar-refractivity contribution in [3.8, 4) is 11.3 Å². The molecule has 0 N–H and O–H groups in total. The molecule has 0 bridgehead atoms. The lowest BCUT2D eigenvalue weighted by atomic mass is 9.91. The van der Waals surface area contributed by atoms with Gasteiger partial charge in [0, 0.05) is 30.5 Å². The third-order valence-corrected chi connectivity index (χ3v) is 4.81. The molecule has 1 aliphatic rings. The van der Waals surface area contributed by atoms with Gasteiger partial charge < -0.3 is 4.90 Å². The molecule has 1 aliphatic heterocycles. The number of aryl methyl sites for hydroxylation is 1. The van der Waals surface area contributed by atoms with Crippen molar-refractivity contribution < 1.29 is 0 Å². The van der Waals surface area contributed by atoms with Crippen molar-refractivity contribution in [2.24, 2.45) is 5.92 Å². The smallest absolute Gasteiger partial charge is 0.0920 e. The van der Waals surface area contributed by atoms with E-state index in [9.17, 15) is 0 Å². The Labute approximate surface area is 138 Å². The van der Waals surface area contributed by atoms with E-state index in [1.165, 1.54) is 25.9 Å². The zero-order valence-electron chi connectivity index (χ0n) is 14.4. The molecule has 0 spiro atoms. The van der Waals surface area contributed by atoms with E-state index < -0.39 is 0 Å². The lowest BCUT2D eigenvalue weighted by Gasteiger charge is -2.34. The number of nitrogens with zero attached hydrogens (tertiary/aromatic N) is 5. The van der Waals surface area contributed by atoms with E-state index in [0.717, 1.165) is 35.8 Å². The second-order valence-electron chi connectivity index (χ2n) is 6.76. The summed E-state index contributed by atoms with van der Waals surface area (Å²) in [5.41, 5.74) is 3.09. The van der Waals surface area contributed by atoms with Crippen molar-refractivity contribution in [2.45, 2.75) is 52.6 Å². The Morgan fingerprint density at radius 1 is 1.17 bits per heavy atom. The first kappa shape index (κ1) is 16.1. The first-order valence-corrected chi connectivity index (χ1v) is 8.73. The molecule has 2 aromatic heterocycles. The molecule has 0 amide bonds. The van der Waals surface area contributed by atoms with E-state index in [4.69, 9.17) is 4.98 Å². The fraction of sp³-hybridized carbons (Fsp3) is 0.611. The van der Waals surface area contributed by atoms with Crippen LogP contribution in [0.4, 0.5) is 0 Å². The Hall–Kier alpha value is -1.75. The highest BCUT2D eigenvalue weighted by Crippen LogP contribution is 2.23. The first-order valence-electron chi connectivity index (χ1n) is 8.73. The quantitative estimate of drug-likeness (QED) is 0.851. The molecule has 5 heteroatoms. The summed E-state index contributed by atoms with van der Waals surface area (Å²) in [5.74, 6) is 0.730. The van der Waals surface area contributed by atoms with Crippen LogP contribution in [0.1, 0.15) is 39.3 Å². The molecule has 2 aromatic rings. The average molecular weight is 313 g/mol. The average Bonchev–Trinajstić information content (AvgIpc) is 3.05. The Morgan fingerprint density at radius 3 is 2.61 bits per heavy atom. The van der Waals surface area contributed by atoms with Crippen molar-refractivity contribution in [1.82, 2.24) is 24.6 Å². The van der Waals surface area contributed by atoms with Gasteiger partial charge in [-0.3, -0.25) is 9.67 Å². The van der Waals surface area contributed by atoms with E-state index in [-0.39, 0.29) is 0 Å². The normalized spacial score (nSPS) is 17.0. The van der Waals surface area contributed by atoms with E-state index in [1.54, 1.807) is 0 Å². The molecule has 3 heterocycles. The molecule has 3 rings (SSSR count). The zero-order chi connectivity index (χ0) is 16.2. The summed E-state index contributed by atoms with van der Waals surface area (Å²) < 4.78 is 1.92. The van der Waals surface area contributed by atoms with Gasteiger partial charge in [-0.2, -0.15) is 5.10 Å². The van der Waals surface area contributed by atoms with Gasteiger partial charge in [0.15, 0.2) is 0 Å². The lowest BCUT2D eigenvalue weighted by Crippen LogP contribution is -2.38.